The SMILES string of the molecule is [N-]=[N+]=NCc1ccc(S(N)(=O)=O)c(F)c1. The summed E-state index contributed by atoms with van der Waals surface area (Å²) in [6, 6.07) is 3.33. The molecule has 2 N–H and O–H groups in total. The zero-order valence-corrected chi connectivity index (χ0v) is 8.28. The lowest BCUT2D eigenvalue weighted by Gasteiger charge is -2.01. The van der Waals surface area contributed by atoms with Gasteiger partial charge in [-0.15, -0.1) is 0 Å². The van der Waals surface area contributed by atoms with Gasteiger partial charge in [-0.05, 0) is 23.2 Å². The van der Waals surface area contributed by atoms with Gasteiger partial charge in [0.25, 0.3) is 0 Å². The Labute approximate surface area is 85.2 Å². The van der Waals surface area contributed by atoms with E-state index in [0.29, 0.717) is 5.56 Å². The molecule has 0 aromatic heterocycles. The van der Waals surface area contributed by atoms with Crippen LogP contribution in [0.4, 0.5) is 4.39 Å². The maximum Gasteiger partial charge on any atom is 0.240 e. The summed E-state index contributed by atoms with van der Waals surface area (Å²) in [5.41, 5.74) is 8.40. The lowest BCUT2D eigenvalue weighted by atomic mass is 10.2. The van der Waals surface area contributed by atoms with Crippen molar-refractivity contribution in [3.8, 4) is 0 Å². The van der Waals surface area contributed by atoms with Crippen LogP contribution in [0, 0.1) is 5.82 Å². The van der Waals surface area contributed by atoms with Crippen molar-refractivity contribution in [2.75, 3.05) is 0 Å². The van der Waals surface area contributed by atoms with Crippen LogP contribution in [-0.2, 0) is 16.6 Å². The quantitative estimate of drug-likeness (QED) is 0.479. The van der Waals surface area contributed by atoms with Crippen LogP contribution < -0.4 is 5.14 Å². The molecule has 1 aromatic carbocycles. The smallest absolute Gasteiger partial charge is 0.225 e. The third-order valence-electron chi connectivity index (χ3n) is 1.62. The summed E-state index contributed by atoms with van der Waals surface area (Å²) in [6.07, 6.45) is 0. The molecule has 0 saturated heterocycles. The van der Waals surface area contributed by atoms with Crippen LogP contribution in [0.2, 0.25) is 0 Å². The average molecular weight is 230 g/mol. The Balaban J connectivity index is 3.14. The topological polar surface area (TPSA) is 109 Å². The predicted octanol–water partition coefficient (Wildman–Crippen LogP) is 1.28. The van der Waals surface area contributed by atoms with Gasteiger partial charge in [0.05, 0.1) is 6.54 Å². The first-order valence-corrected chi connectivity index (χ1v) is 5.32. The molecule has 8 heteroatoms. The predicted molar refractivity (Wildman–Crippen MR) is 50.6 cm³/mol. The molecule has 0 spiro atoms. The van der Waals surface area contributed by atoms with Gasteiger partial charge in [0.2, 0.25) is 10.0 Å². The standard InChI is InChI=1S/C7H7FN4O2S/c8-6-3-5(4-11-12-9)1-2-7(6)15(10,13)14/h1-3H,4H2,(H2,10,13,14). The van der Waals surface area contributed by atoms with E-state index in [0.717, 1.165) is 12.1 Å². The highest BCUT2D eigenvalue weighted by Crippen LogP contribution is 2.15. The van der Waals surface area contributed by atoms with Crippen molar-refractivity contribution in [1.82, 2.24) is 0 Å². The Morgan fingerprint density at radius 2 is 2.20 bits per heavy atom. The Morgan fingerprint density at radius 1 is 1.53 bits per heavy atom. The summed E-state index contributed by atoms with van der Waals surface area (Å²) in [7, 11) is -4.05. The van der Waals surface area contributed by atoms with Crippen molar-refractivity contribution >= 4 is 10.0 Å². The van der Waals surface area contributed by atoms with Gasteiger partial charge in [0.1, 0.15) is 10.7 Å². The number of halogens is 1. The van der Waals surface area contributed by atoms with Crippen molar-refractivity contribution in [1.29, 1.82) is 0 Å². The summed E-state index contributed by atoms with van der Waals surface area (Å²) >= 11 is 0. The van der Waals surface area contributed by atoms with E-state index in [4.69, 9.17) is 10.7 Å². The molecule has 0 aliphatic carbocycles. The molecule has 0 saturated carbocycles. The van der Waals surface area contributed by atoms with E-state index in [1.807, 2.05) is 0 Å². The van der Waals surface area contributed by atoms with Gasteiger partial charge in [0, 0.05) is 4.91 Å². The van der Waals surface area contributed by atoms with Gasteiger partial charge in [-0.25, -0.2) is 17.9 Å². The molecule has 0 unspecified atom stereocenters. The van der Waals surface area contributed by atoms with E-state index in [-0.39, 0.29) is 6.54 Å². The Hall–Kier alpha value is -1.63. The zero-order chi connectivity index (χ0) is 11.5. The number of sulfonamides is 1. The van der Waals surface area contributed by atoms with Crippen LogP contribution in [0.5, 0.6) is 0 Å². The van der Waals surface area contributed by atoms with E-state index in [9.17, 15) is 12.8 Å². The fourth-order valence-corrected chi connectivity index (χ4v) is 1.58. The number of azide groups is 1. The maximum absolute atomic E-state index is 13.2. The first-order valence-electron chi connectivity index (χ1n) is 3.77. The molecular weight excluding hydrogens is 223 g/mol. The van der Waals surface area contributed by atoms with E-state index >= 15 is 0 Å². The van der Waals surface area contributed by atoms with Crippen LogP contribution in [0.1, 0.15) is 5.56 Å². The van der Waals surface area contributed by atoms with E-state index in [1.54, 1.807) is 0 Å². The summed E-state index contributed by atoms with van der Waals surface area (Å²) in [6.45, 7) is -0.0433. The van der Waals surface area contributed by atoms with Gasteiger partial charge in [0.15, 0.2) is 0 Å². The van der Waals surface area contributed by atoms with Crippen molar-refractivity contribution in [3.05, 3.63) is 40.0 Å². The Kier molecular flexibility index (Phi) is 3.25. The summed E-state index contributed by atoms with van der Waals surface area (Å²) in [4.78, 5) is 1.91. The summed E-state index contributed by atoms with van der Waals surface area (Å²) in [5.74, 6) is -0.955. The Morgan fingerprint density at radius 3 is 2.67 bits per heavy atom. The minimum Gasteiger partial charge on any atom is -0.225 e. The second kappa shape index (κ2) is 4.26. The zero-order valence-electron chi connectivity index (χ0n) is 7.46. The van der Waals surface area contributed by atoms with E-state index in [1.165, 1.54) is 6.07 Å². The second-order valence-corrected chi connectivity index (χ2v) is 4.23. The molecule has 0 heterocycles. The highest BCUT2D eigenvalue weighted by atomic mass is 32.2. The molecule has 1 aromatic rings. The van der Waals surface area contributed by atoms with Crippen LogP contribution >= 0.6 is 0 Å². The number of hydrogen-bond donors (Lipinski definition) is 1. The van der Waals surface area contributed by atoms with Gasteiger partial charge in [-0.2, -0.15) is 0 Å². The number of benzene rings is 1. The molecule has 15 heavy (non-hydrogen) atoms. The molecule has 80 valence electrons. The highest BCUT2D eigenvalue weighted by Gasteiger charge is 2.13. The molecule has 0 radical (unpaired) electrons. The molecule has 0 amide bonds. The van der Waals surface area contributed by atoms with Crippen LogP contribution in [0.15, 0.2) is 28.2 Å². The molecule has 6 nitrogen and oxygen atoms in total. The number of rotatable bonds is 3. The third-order valence-corrected chi connectivity index (χ3v) is 2.56. The van der Waals surface area contributed by atoms with Crippen molar-refractivity contribution < 1.29 is 12.8 Å². The molecule has 1 rings (SSSR count). The fraction of sp³-hybridized carbons (Fsp3) is 0.143. The van der Waals surface area contributed by atoms with Crippen molar-refractivity contribution in [2.45, 2.75) is 11.4 Å². The van der Waals surface area contributed by atoms with Gasteiger partial charge >= 0.3 is 0 Å². The van der Waals surface area contributed by atoms with Gasteiger partial charge in [-0.1, -0.05) is 11.2 Å². The monoisotopic (exact) mass is 230 g/mol. The first-order chi connectivity index (χ1) is 6.95. The molecule has 0 aliphatic rings. The lowest BCUT2D eigenvalue weighted by molar-refractivity contribution is 0.567. The number of hydrogen-bond acceptors (Lipinski definition) is 3. The average Bonchev–Trinajstić information content (AvgIpc) is 2.12. The largest absolute Gasteiger partial charge is 0.240 e. The summed E-state index contributed by atoms with van der Waals surface area (Å²) < 4.78 is 34.8. The number of primary sulfonamides is 1. The van der Waals surface area contributed by atoms with Crippen LogP contribution in [0.3, 0.4) is 0 Å². The number of nitrogens with zero attached hydrogens (tertiary/aromatic N) is 3. The molecule has 0 atom stereocenters. The second-order valence-electron chi connectivity index (χ2n) is 2.70. The minimum atomic E-state index is -4.05. The van der Waals surface area contributed by atoms with Gasteiger partial charge < -0.3 is 0 Å². The van der Waals surface area contributed by atoms with Crippen molar-refractivity contribution in [3.63, 3.8) is 0 Å². The number of nitrogens with two attached hydrogens (primary N) is 1. The lowest BCUT2D eigenvalue weighted by Crippen LogP contribution is -2.14. The Bertz CT molecular complexity index is 522. The third kappa shape index (κ3) is 2.91. The van der Waals surface area contributed by atoms with E-state index < -0.39 is 20.7 Å². The molecule has 0 bridgehead atoms. The molecular formula is C7H7FN4O2S. The minimum absolute atomic E-state index is 0.0433. The van der Waals surface area contributed by atoms with Crippen LogP contribution in [-0.4, -0.2) is 8.42 Å². The van der Waals surface area contributed by atoms with Gasteiger partial charge in [-0.3, -0.25) is 0 Å². The fourth-order valence-electron chi connectivity index (χ4n) is 0.987. The molecule has 0 fully saturated rings. The molecule has 0 aliphatic heterocycles. The summed E-state index contributed by atoms with van der Waals surface area (Å²) in [5, 5.41) is 7.97. The normalized spacial score (nSPS) is 10.8. The maximum atomic E-state index is 13.2. The highest BCUT2D eigenvalue weighted by molar-refractivity contribution is 7.89. The van der Waals surface area contributed by atoms with Crippen LogP contribution in [0.25, 0.3) is 10.4 Å². The van der Waals surface area contributed by atoms with Crippen molar-refractivity contribution in [2.24, 2.45) is 10.3 Å². The van der Waals surface area contributed by atoms with E-state index in [2.05, 4.69) is 10.0 Å². The first kappa shape index (κ1) is 11.4.